The van der Waals surface area contributed by atoms with Crippen molar-refractivity contribution < 1.29 is 19.1 Å². The van der Waals surface area contributed by atoms with E-state index in [0.29, 0.717) is 11.9 Å². The van der Waals surface area contributed by atoms with E-state index in [4.69, 9.17) is 9.47 Å². The molecule has 1 heterocycles. The number of unbranched alkanes of at least 4 members (excludes halogenated alkanes) is 2. The quantitative estimate of drug-likeness (QED) is 0.259. The van der Waals surface area contributed by atoms with E-state index in [9.17, 15) is 9.59 Å². The minimum Gasteiger partial charge on any atom is -0.444 e. The summed E-state index contributed by atoms with van der Waals surface area (Å²) in [5, 5.41) is 0.820. The van der Waals surface area contributed by atoms with E-state index in [1.807, 2.05) is 65.8 Å². The van der Waals surface area contributed by atoms with Crippen molar-refractivity contribution in [2.24, 2.45) is 0 Å². The normalized spacial score (nSPS) is 12.4. The zero-order valence-corrected chi connectivity index (χ0v) is 21.6. The van der Waals surface area contributed by atoms with Crippen molar-refractivity contribution in [3.05, 3.63) is 48.7 Å². The Hall–Kier alpha value is -3.20. The molecule has 0 spiro atoms. The lowest BCUT2D eigenvalue weighted by Gasteiger charge is -2.30. The average molecular weight is 467 g/mol. The lowest BCUT2D eigenvalue weighted by atomic mass is 10.0. The molecule has 0 radical (unpaired) electrons. The van der Waals surface area contributed by atoms with Gasteiger partial charge in [0.05, 0.1) is 5.52 Å². The van der Waals surface area contributed by atoms with E-state index in [2.05, 4.69) is 25.3 Å². The van der Waals surface area contributed by atoms with Crippen LogP contribution in [0.2, 0.25) is 0 Å². The minimum atomic E-state index is -0.665. The molecule has 1 amide bonds. The fourth-order valence-electron chi connectivity index (χ4n) is 3.39. The monoisotopic (exact) mass is 466 g/mol. The summed E-state index contributed by atoms with van der Waals surface area (Å²) in [5.74, 6) is 6.50. The molecule has 0 aliphatic carbocycles. The summed E-state index contributed by atoms with van der Waals surface area (Å²) in [6.07, 6.45) is 5.10. The summed E-state index contributed by atoms with van der Waals surface area (Å²) in [7, 11) is 0. The maximum atomic E-state index is 13.2. The van der Waals surface area contributed by atoms with E-state index in [1.165, 1.54) is 4.57 Å². The first-order valence-corrected chi connectivity index (χ1v) is 11.8. The lowest BCUT2D eigenvalue weighted by molar-refractivity contribution is 0.0230. The van der Waals surface area contributed by atoms with E-state index in [-0.39, 0.29) is 6.54 Å². The highest BCUT2D eigenvalue weighted by molar-refractivity contribution is 5.93. The second-order valence-electron chi connectivity index (χ2n) is 10.2. The SMILES string of the molecule is C=CCN(C(=O)OC(C)(C)C)C(C#CCCCC)c1cn(C(=O)OC(C)(C)C)c2ccccc12. The molecule has 2 aromatic rings. The molecule has 0 N–H and O–H groups in total. The Labute approximate surface area is 203 Å². The van der Waals surface area contributed by atoms with Crippen LogP contribution in [0.4, 0.5) is 9.59 Å². The van der Waals surface area contributed by atoms with Crippen LogP contribution in [0.5, 0.6) is 0 Å². The maximum absolute atomic E-state index is 13.2. The number of aromatic nitrogens is 1. The Kier molecular flexibility index (Phi) is 8.98. The van der Waals surface area contributed by atoms with Crippen molar-refractivity contribution in [1.82, 2.24) is 9.47 Å². The molecule has 0 aliphatic heterocycles. The molecule has 0 bridgehead atoms. The van der Waals surface area contributed by atoms with Gasteiger partial charge in [0.15, 0.2) is 0 Å². The fourth-order valence-corrected chi connectivity index (χ4v) is 3.39. The number of fused-ring (bicyclic) bond motifs is 1. The van der Waals surface area contributed by atoms with E-state index < -0.39 is 29.4 Å². The molecule has 1 aromatic heterocycles. The molecule has 6 nitrogen and oxygen atoms in total. The average Bonchev–Trinajstić information content (AvgIpc) is 3.10. The van der Waals surface area contributed by atoms with Crippen LogP contribution in [0.1, 0.15) is 79.3 Å². The molecule has 0 aliphatic rings. The predicted octanol–water partition coefficient (Wildman–Crippen LogP) is 7.08. The third-order valence-corrected chi connectivity index (χ3v) is 4.79. The van der Waals surface area contributed by atoms with Gasteiger partial charge in [-0.1, -0.05) is 43.5 Å². The van der Waals surface area contributed by atoms with Crippen LogP contribution in [0, 0.1) is 11.8 Å². The van der Waals surface area contributed by atoms with Gasteiger partial charge in [-0.3, -0.25) is 9.47 Å². The molecule has 0 saturated carbocycles. The molecule has 1 unspecified atom stereocenters. The van der Waals surface area contributed by atoms with Gasteiger partial charge in [-0.2, -0.15) is 0 Å². The van der Waals surface area contributed by atoms with Crippen molar-refractivity contribution in [2.45, 2.75) is 85.0 Å². The fraction of sp³-hybridized carbons (Fsp3) is 0.500. The number of rotatable bonds is 6. The maximum Gasteiger partial charge on any atom is 0.419 e. The summed E-state index contributed by atoms with van der Waals surface area (Å²) in [4.78, 5) is 27.8. The van der Waals surface area contributed by atoms with Crippen molar-refractivity contribution in [3.63, 3.8) is 0 Å². The number of benzene rings is 1. The second-order valence-corrected chi connectivity index (χ2v) is 10.2. The molecule has 1 atom stereocenters. The van der Waals surface area contributed by atoms with E-state index >= 15 is 0 Å². The van der Waals surface area contributed by atoms with Crippen LogP contribution in [0.15, 0.2) is 43.1 Å². The summed E-state index contributed by atoms with van der Waals surface area (Å²) in [6.45, 7) is 17.1. The van der Waals surface area contributed by atoms with Gasteiger partial charge in [0, 0.05) is 30.1 Å². The predicted molar refractivity (Wildman–Crippen MR) is 137 cm³/mol. The molecular formula is C28H38N2O4. The van der Waals surface area contributed by atoms with Gasteiger partial charge in [-0.25, -0.2) is 9.59 Å². The first-order chi connectivity index (χ1) is 15.9. The highest BCUT2D eigenvalue weighted by atomic mass is 16.6. The summed E-state index contributed by atoms with van der Waals surface area (Å²) < 4.78 is 12.8. The van der Waals surface area contributed by atoms with Crippen LogP contribution in [-0.2, 0) is 9.47 Å². The number of para-hydroxylation sites is 1. The molecule has 34 heavy (non-hydrogen) atoms. The number of ether oxygens (including phenoxy) is 2. The smallest absolute Gasteiger partial charge is 0.419 e. The van der Waals surface area contributed by atoms with Gasteiger partial charge in [-0.15, -0.1) is 12.5 Å². The molecule has 1 aromatic carbocycles. The van der Waals surface area contributed by atoms with Crippen molar-refractivity contribution in [1.29, 1.82) is 0 Å². The molecule has 0 fully saturated rings. The number of nitrogens with zero attached hydrogens (tertiary/aromatic N) is 2. The zero-order chi connectivity index (χ0) is 25.5. The highest BCUT2D eigenvalue weighted by Gasteiger charge is 2.31. The number of hydrogen-bond donors (Lipinski definition) is 0. The molecule has 0 saturated heterocycles. The van der Waals surface area contributed by atoms with Gasteiger partial charge in [0.25, 0.3) is 0 Å². The molecule has 6 heteroatoms. The Morgan fingerprint density at radius 1 is 1.12 bits per heavy atom. The zero-order valence-electron chi connectivity index (χ0n) is 21.6. The van der Waals surface area contributed by atoms with Gasteiger partial charge in [0.1, 0.15) is 17.2 Å². The van der Waals surface area contributed by atoms with Crippen LogP contribution >= 0.6 is 0 Å². The third kappa shape index (κ3) is 7.41. The Balaban J connectivity index is 2.66. The number of carbonyl (C=O) groups excluding carboxylic acids is 2. The summed E-state index contributed by atoms with van der Waals surface area (Å²) in [5.41, 5.74) is 0.113. The lowest BCUT2D eigenvalue weighted by Crippen LogP contribution is -2.39. The first kappa shape index (κ1) is 27.0. The molecule has 2 rings (SSSR count). The van der Waals surface area contributed by atoms with Crippen LogP contribution in [-0.4, -0.2) is 39.4 Å². The Morgan fingerprint density at radius 2 is 1.76 bits per heavy atom. The first-order valence-electron chi connectivity index (χ1n) is 11.8. The summed E-state index contributed by atoms with van der Waals surface area (Å²) in [6, 6.07) is 6.92. The van der Waals surface area contributed by atoms with Crippen molar-refractivity contribution >= 4 is 23.1 Å². The highest BCUT2D eigenvalue weighted by Crippen LogP contribution is 2.32. The van der Waals surface area contributed by atoms with Crippen molar-refractivity contribution in [3.8, 4) is 11.8 Å². The third-order valence-electron chi connectivity index (χ3n) is 4.79. The molecule has 184 valence electrons. The van der Waals surface area contributed by atoms with E-state index in [1.54, 1.807) is 17.2 Å². The van der Waals surface area contributed by atoms with E-state index in [0.717, 1.165) is 23.8 Å². The van der Waals surface area contributed by atoms with Gasteiger partial charge in [0.2, 0.25) is 0 Å². The largest absolute Gasteiger partial charge is 0.444 e. The van der Waals surface area contributed by atoms with Crippen LogP contribution in [0.25, 0.3) is 10.9 Å². The minimum absolute atomic E-state index is 0.244. The number of carbonyl (C=O) groups is 2. The van der Waals surface area contributed by atoms with Gasteiger partial charge < -0.3 is 9.47 Å². The Morgan fingerprint density at radius 3 is 2.35 bits per heavy atom. The van der Waals surface area contributed by atoms with Gasteiger partial charge >= 0.3 is 12.2 Å². The Bertz CT molecular complexity index is 1070. The topological polar surface area (TPSA) is 60.8 Å². The number of amides is 1. The summed E-state index contributed by atoms with van der Waals surface area (Å²) >= 11 is 0. The number of hydrogen-bond acceptors (Lipinski definition) is 4. The molecular weight excluding hydrogens is 428 g/mol. The van der Waals surface area contributed by atoms with Crippen LogP contribution in [0.3, 0.4) is 0 Å². The van der Waals surface area contributed by atoms with Crippen molar-refractivity contribution in [2.75, 3.05) is 6.54 Å². The van der Waals surface area contributed by atoms with Crippen LogP contribution < -0.4 is 0 Å². The standard InChI is InChI=1S/C28H38N2O4/c1-9-11-12-13-17-24(29(19-10-2)25(31)33-27(3,4)5)22-20-30(26(32)34-28(6,7)8)23-18-15-14-16-21(22)23/h10,14-16,18,20,24H,2,9,11-12,19H2,1,3-8H3. The second kappa shape index (κ2) is 11.3. The van der Waals surface area contributed by atoms with Gasteiger partial charge in [-0.05, 0) is 54.0 Å².